The summed E-state index contributed by atoms with van der Waals surface area (Å²) in [5, 5.41) is 3.52. The van der Waals surface area contributed by atoms with Crippen molar-refractivity contribution in [3.63, 3.8) is 0 Å². The van der Waals surface area contributed by atoms with Crippen LogP contribution >= 0.6 is 0 Å². The van der Waals surface area contributed by atoms with Gasteiger partial charge in [-0.2, -0.15) is 0 Å². The van der Waals surface area contributed by atoms with Gasteiger partial charge in [-0.15, -0.1) is 0 Å². The maximum absolute atomic E-state index is 3.52. The Labute approximate surface area is 127 Å². The molecule has 1 N–H and O–H groups in total. The van der Waals surface area contributed by atoms with Gasteiger partial charge in [-0.25, -0.2) is 0 Å². The molecule has 2 heteroatoms. The molecule has 0 aromatic carbocycles. The van der Waals surface area contributed by atoms with Crippen LogP contribution < -0.4 is 5.32 Å². The van der Waals surface area contributed by atoms with E-state index in [0.29, 0.717) is 6.04 Å². The maximum Gasteiger partial charge on any atom is 0.00952 e. The molecule has 0 aliphatic heterocycles. The first-order valence-corrected chi connectivity index (χ1v) is 9.11. The average Bonchev–Trinajstić information content (AvgIpc) is 2.91. The van der Waals surface area contributed by atoms with Crippen LogP contribution in [0.25, 0.3) is 0 Å². The lowest BCUT2D eigenvalue weighted by Gasteiger charge is -2.29. The number of rotatable bonds is 11. The molecular formula is C18H38N2. The fraction of sp³-hybridized carbons (Fsp3) is 1.00. The molecule has 1 unspecified atom stereocenters. The van der Waals surface area contributed by atoms with Gasteiger partial charge in [0.25, 0.3) is 0 Å². The molecule has 0 aromatic rings. The van der Waals surface area contributed by atoms with Gasteiger partial charge in [-0.1, -0.05) is 40.0 Å². The molecule has 0 saturated heterocycles. The summed E-state index contributed by atoms with van der Waals surface area (Å²) in [6, 6.07) is 1.59. The van der Waals surface area contributed by atoms with E-state index in [0.717, 1.165) is 18.5 Å². The minimum Gasteiger partial charge on any atom is -0.315 e. The highest BCUT2D eigenvalue weighted by atomic mass is 15.2. The van der Waals surface area contributed by atoms with Crippen LogP contribution in [0.5, 0.6) is 0 Å². The molecule has 1 rings (SSSR count). The molecule has 1 saturated carbocycles. The minimum absolute atomic E-state index is 0.690. The van der Waals surface area contributed by atoms with Crippen molar-refractivity contribution in [2.24, 2.45) is 5.92 Å². The van der Waals surface area contributed by atoms with Crippen LogP contribution in [0.4, 0.5) is 0 Å². The smallest absolute Gasteiger partial charge is 0.00952 e. The molecule has 1 aliphatic rings. The zero-order chi connectivity index (χ0) is 14.8. The Morgan fingerprint density at radius 2 is 1.70 bits per heavy atom. The van der Waals surface area contributed by atoms with Gasteiger partial charge < -0.3 is 10.2 Å². The third-order valence-electron chi connectivity index (χ3n) is 4.72. The van der Waals surface area contributed by atoms with E-state index in [1.54, 1.807) is 0 Å². The van der Waals surface area contributed by atoms with Gasteiger partial charge in [-0.3, -0.25) is 0 Å². The molecule has 0 aromatic heterocycles. The van der Waals surface area contributed by atoms with E-state index in [-0.39, 0.29) is 0 Å². The van der Waals surface area contributed by atoms with E-state index in [1.165, 1.54) is 64.5 Å². The molecule has 1 fully saturated rings. The van der Waals surface area contributed by atoms with Crippen LogP contribution in [0.15, 0.2) is 0 Å². The summed E-state index contributed by atoms with van der Waals surface area (Å²) < 4.78 is 0. The van der Waals surface area contributed by atoms with E-state index in [1.807, 2.05) is 0 Å². The molecule has 1 atom stereocenters. The molecule has 2 nitrogen and oxygen atoms in total. The summed E-state index contributed by atoms with van der Waals surface area (Å²) in [6.07, 6.45) is 11.3. The first kappa shape index (κ1) is 18.0. The summed E-state index contributed by atoms with van der Waals surface area (Å²) in [5.74, 6) is 0.840. The topological polar surface area (TPSA) is 15.3 Å². The summed E-state index contributed by atoms with van der Waals surface area (Å²) in [6.45, 7) is 13.0. The van der Waals surface area contributed by atoms with Gasteiger partial charge >= 0.3 is 0 Å². The first-order chi connectivity index (χ1) is 9.63. The van der Waals surface area contributed by atoms with E-state index in [4.69, 9.17) is 0 Å². The quantitative estimate of drug-likeness (QED) is 0.563. The van der Waals surface area contributed by atoms with Crippen LogP contribution in [0.2, 0.25) is 0 Å². The summed E-state index contributed by atoms with van der Waals surface area (Å²) in [4.78, 5) is 2.81. The zero-order valence-corrected chi connectivity index (χ0v) is 14.5. The second-order valence-corrected chi connectivity index (χ2v) is 7.11. The standard InChI is InChI=1S/C18H38N2/c1-5-19-17(4)10-8-9-14-20(15-13-16(2)3)18-11-6-7-12-18/h16-19H,5-15H2,1-4H3. The Bertz CT molecular complexity index is 221. The number of nitrogens with zero attached hydrogens (tertiary/aromatic N) is 1. The molecule has 0 spiro atoms. The van der Waals surface area contributed by atoms with Crippen molar-refractivity contribution in [1.29, 1.82) is 0 Å². The van der Waals surface area contributed by atoms with Crippen LogP contribution in [0, 0.1) is 5.92 Å². The second-order valence-electron chi connectivity index (χ2n) is 7.11. The van der Waals surface area contributed by atoms with Gasteiger partial charge in [0.05, 0.1) is 0 Å². The SMILES string of the molecule is CCNC(C)CCCCN(CCC(C)C)C1CCCC1. The molecular weight excluding hydrogens is 244 g/mol. The number of unbranched alkanes of at least 4 members (excludes halogenated alkanes) is 1. The van der Waals surface area contributed by atoms with Gasteiger partial charge in [0, 0.05) is 12.1 Å². The van der Waals surface area contributed by atoms with E-state index < -0.39 is 0 Å². The minimum atomic E-state index is 0.690. The Morgan fingerprint density at radius 3 is 2.30 bits per heavy atom. The fourth-order valence-corrected chi connectivity index (χ4v) is 3.39. The molecule has 0 heterocycles. The van der Waals surface area contributed by atoms with Crippen LogP contribution in [-0.4, -0.2) is 36.6 Å². The molecule has 120 valence electrons. The normalized spacial score (nSPS) is 18.3. The zero-order valence-electron chi connectivity index (χ0n) is 14.5. The lowest BCUT2D eigenvalue weighted by atomic mass is 10.1. The molecule has 0 radical (unpaired) electrons. The first-order valence-electron chi connectivity index (χ1n) is 9.11. The van der Waals surface area contributed by atoms with Gasteiger partial charge in [0.15, 0.2) is 0 Å². The fourth-order valence-electron chi connectivity index (χ4n) is 3.39. The highest BCUT2D eigenvalue weighted by molar-refractivity contribution is 4.78. The highest BCUT2D eigenvalue weighted by Crippen LogP contribution is 2.24. The monoisotopic (exact) mass is 282 g/mol. The van der Waals surface area contributed by atoms with Crippen LogP contribution in [0.1, 0.15) is 79.1 Å². The Kier molecular flexibility index (Phi) is 9.54. The number of hydrogen-bond acceptors (Lipinski definition) is 2. The van der Waals surface area contributed by atoms with Crippen LogP contribution in [-0.2, 0) is 0 Å². The van der Waals surface area contributed by atoms with Crippen LogP contribution in [0.3, 0.4) is 0 Å². The van der Waals surface area contributed by atoms with Crippen molar-refractivity contribution in [2.45, 2.75) is 91.1 Å². The Balaban J connectivity index is 2.21. The lowest BCUT2D eigenvalue weighted by molar-refractivity contribution is 0.183. The maximum atomic E-state index is 3.52. The summed E-state index contributed by atoms with van der Waals surface area (Å²) >= 11 is 0. The molecule has 20 heavy (non-hydrogen) atoms. The predicted molar refractivity (Wildman–Crippen MR) is 90.3 cm³/mol. The summed E-state index contributed by atoms with van der Waals surface area (Å²) in [5.41, 5.74) is 0. The highest BCUT2D eigenvalue weighted by Gasteiger charge is 2.21. The Hall–Kier alpha value is -0.0800. The van der Waals surface area contributed by atoms with Crippen molar-refractivity contribution in [3.05, 3.63) is 0 Å². The lowest BCUT2D eigenvalue weighted by Crippen LogP contribution is -2.35. The predicted octanol–water partition coefficient (Wildman–Crippen LogP) is 4.45. The molecule has 0 amide bonds. The number of hydrogen-bond donors (Lipinski definition) is 1. The Morgan fingerprint density at radius 1 is 1.00 bits per heavy atom. The van der Waals surface area contributed by atoms with E-state index >= 15 is 0 Å². The second kappa shape index (κ2) is 10.6. The summed E-state index contributed by atoms with van der Waals surface area (Å²) in [7, 11) is 0. The number of nitrogens with one attached hydrogen (secondary N) is 1. The third-order valence-corrected chi connectivity index (χ3v) is 4.72. The van der Waals surface area contributed by atoms with Gasteiger partial charge in [-0.05, 0) is 64.6 Å². The van der Waals surface area contributed by atoms with Crippen molar-refractivity contribution in [3.8, 4) is 0 Å². The third kappa shape index (κ3) is 7.64. The molecule has 1 aliphatic carbocycles. The van der Waals surface area contributed by atoms with E-state index in [9.17, 15) is 0 Å². The van der Waals surface area contributed by atoms with Gasteiger partial charge in [0.1, 0.15) is 0 Å². The molecule has 0 bridgehead atoms. The van der Waals surface area contributed by atoms with Gasteiger partial charge in [0.2, 0.25) is 0 Å². The van der Waals surface area contributed by atoms with E-state index in [2.05, 4.69) is 37.9 Å². The van der Waals surface area contributed by atoms with Crippen molar-refractivity contribution >= 4 is 0 Å². The average molecular weight is 283 g/mol. The van der Waals surface area contributed by atoms with Crippen molar-refractivity contribution < 1.29 is 0 Å². The largest absolute Gasteiger partial charge is 0.315 e. The van der Waals surface area contributed by atoms with Crippen molar-refractivity contribution in [2.75, 3.05) is 19.6 Å². The van der Waals surface area contributed by atoms with Crippen molar-refractivity contribution in [1.82, 2.24) is 10.2 Å².